The average Bonchev–Trinajstić information content (AvgIpc) is 2.14. The van der Waals surface area contributed by atoms with Gasteiger partial charge in [0.05, 0.1) is 0 Å². The summed E-state index contributed by atoms with van der Waals surface area (Å²) in [4.78, 5) is 0. The summed E-state index contributed by atoms with van der Waals surface area (Å²) in [5, 5.41) is 3.07. The first kappa shape index (κ1) is 11.4. The summed E-state index contributed by atoms with van der Waals surface area (Å²) in [6.07, 6.45) is 3.58. The number of nitrogens with one attached hydrogen (secondary N) is 1. The van der Waals surface area contributed by atoms with E-state index in [1.54, 1.807) is 0 Å². The van der Waals surface area contributed by atoms with Crippen LogP contribution in [0.25, 0.3) is 0 Å². The minimum atomic E-state index is -1.60. The standard InChI is InChI=1S/C10H12BrF2N/c1-7(2-3-10(12)13)8-4-9(11)6-14-5-8/h3-4,6-7,14H,2,5H2,1H3/t7-/m1/s1. The number of halogens is 3. The number of rotatable bonds is 3. The van der Waals surface area contributed by atoms with Gasteiger partial charge in [-0.25, -0.2) is 0 Å². The molecule has 0 fully saturated rings. The summed E-state index contributed by atoms with van der Waals surface area (Å²) in [6.45, 7) is 2.68. The van der Waals surface area contributed by atoms with Crippen molar-refractivity contribution in [2.45, 2.75) is 13.3 Å². The molecule has 4 heteroatoms. The summed E-state index contributed by atoms with van der Waals surface area (Å²) in [6, 6.07) is 0. The van der Waals surface area contributed by atoms with Gasteiger partial charge in [0, 0.05) is 17.2 Å². The van der Waals surface area contributed by atoms with Gasteiger partial charge < -0.3 is 5.32 Å². The molecule has 0 saturated heterocycles. The zero-order valence-corrected chi connectivity index (χ0v) is 9.44. The molecule has 1 aliphatic rings. The molecular weight excluding hydrogens is 252 g/mol. The Morgan fingerprint density at radius 1 is 1.71 bits per heavy atom. The first-order chi connectivity index (χ1) is 6.59. The second-order valence-corrected chi connectivity index (χ2v) is 4.18. The van der Waals surface area contributed by atoms with Crippen molar-refractivity contribution in [2.24, 2.45) is 5.92 Å². The van der Waals surface area contributed by atoms with Crippen LogP contribution in [0.1, 0.15) is 13.3 Å². The molecule has 1 N–H and O–H groups in total. The summed E-state index contributed by atoms with van der Waals surface area (Å²) < 4.78 is 24.6. The highest BCUT2D eigenvalue weighted by atomic mass is 79.9. The predicted octanol–water partition coefficient (Wildman–Crippen LogP) is 3.56. The van der Waals surface area contributed by atoms with E-state index in [9.17, 15) is 8.78 Å². The van der Waals surface area contributed by atoms with Gasteiger partial charge >= 0.3 is 0 Å². The Balaban J connectivity index is 2.56. The molecule has 1 atom stereocenters. The Morgan fingerprint density at radius 2 is 2.43 bits per heavy atom. The SMILES string of the molecule is C[C@H](CC=C(F)F)C1=CC(Br)=CNC1. The van der Waals surface area contributed by atoms with Crippen LogP contribution in [0.3, 0.4) is 0 Å². The van der Waals surface area contributed by atoms with E-state index in [4.69, 9.17) is 0 Å². The summed E-state index contributed by atoms with van der Waals surface area (Å²) >= 11 is 3.34. The van der Waals surface area contributed by atoms with Crippen LogP contribution < -0.4 is 5.32 Å². The smallest absolute Gasteiger partial charge is 0.266 e. The maximum absolute atomic E-state index is 11.8. The molecule has 0 aliphatic carbocycles. The van der Waals surface area contributed by atoms with E-state index in [-0.39, 0.29) is 5.92 Å². The van der Waals surface area contributed by atoms with Crippen molar-refractivity contribution in [1.82, 2.24) is 5.32 Å². The van der Waals surface area contributed by atoms with Gasteiger partial charge in [0.15, 0.2) is 0 Å². The van der Waals surface area contributed by atoms with Gasteiger partial charge in [0.2, 0.25) is 0 Å². The monoisotopic (exact) mass is 263 g/mol. The van der Waals surface area contributed by atoms with E-state index in [1.807, 2.05) is 19.2 Å². The van der Waals surface area contributed by atoms with Crippen molar-refractivity contribution in [2.75, 3.05) is 6.54 Å². The molecule has 1 heterocycles. The third kappa shape index (κ3) is 3.62. The van der Waals surface area contributed by atoms with Gasteiger partial charge in [-0.05, 0) is 46.0 Å². The second kappa shape index (κ2) is 5.29. The van der Waals surface area contributed by atoms with Gasteiger partial charge in [-0.3, -0.25) is 0 Å². The molecule has 0 saturated carbocycles. The van der Waals surface area contributed by atoms with Gasteiger partial charge in [-0.1, -0.05) is 6.92 Å². The highest BCUT2D eigenvalue weighted by molar-refractivity contribution is 9.11. The summed E-state index contributed by atoms with van der Waals surface area (Å²) in [5.41, 5.74) is 1.14. The number of dihydropyridines is 1. The second-order valence-electron chi connectivity index (χ2n) is 3.26. The zero-order valence-electron chi connectivity index (χ0n) is 7.86. The molecule has 14 heavy (non-hydrogen) atoms. The predicted molar refractivity (Wildman–Crippen MR) is 57.2 cm³/mol. The van der Waals surface area contributed by atoms with Crippen molar-refractivity contribution in [3.63, 3.8) is 0 Å². The molecule has 1 nitrogen and oxygen atoms in total. The topological polar surface area (TPSA) is 12.0 Å². The lowest BCUT2D eigenvalue weighted by atomic mass is 9.96. The Kier molecular flexibility index (Phi) is 4.32. The zero-order chi connectivity index (χ0) is 10.6. The Morgan fingerprint density at radius 3 is 3.00 bits per heavy atom. The molecule has 0 bridgehead atoms. The van der Waals surface area contributed by atoms with Crippen LogP contribution in [0, 0.1) is 5.92 Å². The molecule has 0 aromatic rings. The maximum Gasteiger partial charge on any atom is 0.266 e. The Hall–Kier alpha value is -0.640. The third-order valence-corrected chi connectivity index (χ3v) is 2.59. The lowest BCUT2D eigenvalue weighted by Gasteiger charge is -2.17. The van der Waals surface area contributed by atoms with Crippen LogP contribution in [0.4, 0.5) is 8.78 Å². The van der Waals surface area contributed by atoms with E-state index in [0.29, 0.717) is 6.42 Å². The molecule has 0 aromatic heterocycles. The van der Waals surface area contributed by atoms with Crippen LogP contribution in [-0.4, -0.2) is 6.54 Å². The highest BCUT2D eigenvalue weighted by Crippen LogP contribution is 2.22. The molecule has 0 aromatic carbocycles. The van der Waals surface area contributed by atoms with E-state index >= 15 is 0 Å². The van der Waals surface area contributed by atoms with Crippen LogP contribution in [0.2, 0.25) is 0 Å². The molecule has 0 spiro atoms. The third-order valence-electron chi connectivity index (χ3n) is 2.13. The van der Waals surface area contributed by atoms with Crippen molar-refractivity contribution >= 4 is 15.9 Å². The fraction of sp³-hybridized carbons (Fsp3) is 0.400. The lowest BCUT2D eigenvalue weighted by molar-refractivity contribution is 0.414. The van der Waals surface area contributed by atoms with Gasteiger partial charge in [-0.15, -0.1) is 0 Å². The minimum Gasteiger partial charge on any atom is -0.386 e. The molecule has 1 rings (SSSR count). The molecule has 78 valence electrons. The van der Waals surface area contributed by atoms with E-state index in [2.05, 4.69) is 21.2 Å². The van der Waals surface area contributed by atoms with Crippen LogP contribution >= 0.6 is 15.9 Å². The molecular formula is C10H12BrF2N. The number of hydrogen-bond donors (Lipinski definition) is 1. The molecule has 1 aliphatic heterocycles. The fourth-order valence-corrected chi connectivity index (χ4v) is 1.73. The Bertz CT molecular complexity index is 290. The molecule has 0 radical (unpaired) electrons. The van der Waals surface area contributed by atoms with Crippen molar-refractivity contribution in [3.05, 3.63) is 34.5 Å². The van der Waals surface area contributed by atoms with Crippen molar-refractivity contribution in [3.8, 4) is 0 Å². The quantitative estimate of drug-likeness (QED) is 0.821. The van der Waals surface area contributed by atoms with E-state index < -0.39 is 6.08 Å². The van der Waals surface area contributed by atoms with Gasteiger partial charge in [0.1, 0.15) is 0 Å². The van der Waals surface area contributed by atoms with Crippen LogP contribution in [0.5, 0.6) is 0 Å². The highest BCUT2D eigenvalue weighted by Gasteiger charge is 2.10. The maximum atomic E-state index is 11.8. The first-order valence-electron chi connectivity index (χ1n) is 4.40. The van der Waals surface area contributed by atoms with Crippen molar-refractivity contribution in [1.29, 1.82) is 0 Å². The summed E-state index contributed by atoms with van der Waals surface area (Å²) in [5.74, 6) is 0.144. The van der Waals surface area contributed by atoms with Gasteiger partial charge in [-0.2, -0.15) is 8.78 Å². The van der Waals surface area contributed by atoms with Crippen LogP contribution in [-0.2, 0) is 0 Å². The first-order valence-corrected chi connectivity index (χ1v) is 5.19. The minimum absolute atomic E-state index is 0.144. The number of hydrogen-bond acceptors (Lipinski definition) is 1. The molecule has 0 amide bonds. The summed E-state index contributed by atoms with van der Waals surface area (Å²) in [7, 11) is 0. The molecule has 0 unspecified atom stereocenters. The van der Waals surface area contributed by atoms with E-state index in [1.165, 1.54) is 0 Å². The Labute approximate surface area is 90.7 Å². The fourth-order valence-electron chi connectivity index (χ4n) is 1.27. The van der Waals surface area contributed by atoms with E-state index in [0.717, 1.165) is 22.7 Å². The van der Waals surface area contributed by atoms with Gasteiger partial charge in [0.25, 0.3) is 6.08 Å². The lowest BCUT2D eigenvalue weighted by Crippen LogP contribution is -2.18. The number of allylic oxidation sites excluding steroid dienone is 3. The normalized spacial score (nSPS) is 17.7. The largest absolute Gasteiger partial charge is 0.386 e. The average molecular weight is 264 g/mol. The van der Waals surface area contributed by atoms with Crippen LogP contribution in [0.15, 0.2) is 34.5 Å². The van der Waals surface area contributed by atoms with Crippen molar-refractivity contribution < 1.29 is 8.78 Å².